The second kappa shape index (κ2) is 5.73. The van der Waals surface area contributed by atoms with Gasteiger partial charge in [0.2, 0.25) is 11.8 Å². The van der Waals surface area contributed by atoms with Crippen LogP contribution in [0, 0.1) is 0 Å². The van der Waals surface area contributed by atoms with Crippen LogP contribution in [0.15, 0.2) is 30.3 Å². The Morgan fingerprint density at radius 1 is 1.10 bits per heavy atom. The Kier molecular flexibility index (Phi) is 4.02. The van der Waals surface area contributed by atoms with Crippen molar-refractivity contribution in [3.05, 3.63) is 35.9 Å². The van der Waals surface area contributed by atoms with Crippen molar-refractivity contribution in [2.75, 3.05) is 6.54 Å². The lowest BCUT2D eigenvalue weighted by Crippen LogP contribution is -2.47. The Morgan fingerprint density at radius 2 is 1.75 bits per heavy atom. The van der Waals surface area contributed by atoms with Gasteiger partial charge >= 0.3 is 5.97 Å². The summed E-state index contributed by atoms with van der Waals surface area (Å²) in [5.74, 6) is -1.78. The van der Waals surface area contributed by atoms with E-state index in [-0.39, 0.29) is 18.9 Å². The zero-order valence-electron chi connectivity index (χ0n) is 10.9. The van der Waals surface area contributed by atoms with Gasteiger partial charge in [0, 0.05) is 0 Å². The predicted octanol–water partition coefficient (Wildman–Crippen LogP) is 0.0787. The first-order chi connectivity index (χ1) is 9.52. The minimum atomic E-state index is -1.11. The van der Waals surface area contributed by atoms with Crippen molar-refractivity contribution in [3.8, 4) is 0 Å². The fourth-order valence-corrected chi connectivity index (χ4v) is 1.85. The molecule has 1 aromatic carbocycles. The summed E-state index contributed by atoms with van der Waals surface area (Å²) in [5.41, 5.74) is -0.254. The molecule has 6 nitrogen and oxygen atoms in total. The van der Waals surface area contributed by atoms with E-state index in [1.54, 1.807) is 0 Å². The topological polar surface area (TPSA) is 95.5 Å². The molecule has 0 spiro atoms. The summed E-state index contributed by atoms with van der Waals surface area (Å²) in [5, 5.41) is 13.8. The molecule has 0 aromatic heterocycles. The molecule has 0 heterocycles. The van der Waals surface area contributed by atoms with Crippen LogP contribution in [0.4, 0.5) is 0 Å². The molecule has 0 aliphatic heterocycles. The number of nitrogens with one attached hydrogen (secondary N) is 2. The Bertz CT molecular complexity index is 523. The Balaban J connectivity index is 1.74. The van der Waals surface area contributed by atoms with Crippen molar-refractivity contribution >= 4 is 17.8 Å². The predicted molar refractivity (Wildman–Crippen MR) is 70.9 cm³/mol. The molecule has 0 radical (unpaired) electrons. The summed E-state index contributed by atoms with van der Waals surface area (Å²) >= 11 is 0. The maximum Gasteiger partial charge on any atom is 0.329 e. The van der Waals surface area contributed by atoms with Crippen LogP contribution in [0.1, 0.15) is 18.4 Å². The third-order valence-corrected chi connectivity index (χ3v) is 3.19. The van der Waals surface area contributed by atoms with Crippen LogP contribution in [0.2, 0.25) is 0 Å². The van der Waals surface area contributed by atoms with E-state index in [4.69, 9.17) is 5.11 Å². The standard InChI is InChI=1S/C14H16N2O4/c17-11(8-10-4-2-1-3-5-10)15-9-12(18)16-14(6-7-14)13(19)20/h1-5H,6-9H2,(H,15,17)(H,16,18)(H,19,20). The average Bonchev–Trinajstić information content (AvgIpc) is 3.19. The number of carbonyl (C=O) groups is 3. The highest BCUT2D eigenvalue weighted by atomic mass is 16.4. The lowest BCUT2D eigenvalue weighted by Gasteiger charge is -2.12. The van der Waals surface area contributed by atoms with Crippen LogP contribution in [0.25, 0.3) is 0 Å². The van der Waals surface area contributed by atoms with Crippen molar-refractivity contribution in [2.24, 2.45) is 0 Å². The molecule has 1 fully saturated rings. The number of carbonyl (C=O) groups excluding carboxylic acids is 2. The van der Waals surface area contributed by atoms with E-state index in [0.29, 0.717) is 12.8 Å². The van der Waals surface area contributed by atoms with Crippen molar-refractivity contribution in [3.63, 3.8) is 0 Å². The van der Waals surface area contributed by atoms with Crippen LogP contribution in [0.3, 0.4) is 0 Å². The number of benzene rings is 1. The second-order valence-corrected chi connectivity index (χ2v) is 4.87. The Labute approximate surface area is 116 Å². The molecule has 6 heteroatoms. The van der Waals surface area contributed by atoms with E-state index in [1.807, 2.05) is 30.3 Å². The SMILES string of the molecule is O=C(Cc1ccccc1)NCC(=O)NC1(C(=O)O)CC1. The largest absolute Gasteiger partial charge is 0.480 e. The first-order valence-electron chi connectivity index (χ1n) is 6.37. The molecule has 20 heavy (non-hydrogen) atoms. The minimum Gasteiger partial charge on any atom is -0.480 e. The van der Waals surface area contributed by atoms with Crippen molar-refractivity contribution in [1.29, 1.82) is 0 Å². The summed E-state index contributed by atoms with van der Waals surface area (Å²) in [6.45, 7) is -0.208. The third-order valence-electron chi connectivity index (χ3n) is 3.19. The summed E-state index contributed by atoms with van der Waals surface area (Å²) in [7, 11) is 0. The highest BCUT2D eigenvalue weighted by molar-refractivity contribution is 5.92. The monoisotopic (exact) mass is 276 g/mol. The number of hydrogen-bond donors (Lipinski definition) is 3. The quantitative estimate of drug-likeness (QED) is 0.685. The molecule has 0 bridgehead atoms. The summed E-state index contributed by atoms with van der Waals surface area (Å²) < 4.78 is 0. The van der Waals surface area contributed by atoms with E-state index < -0.39 is 17.4 Å². The molecule has 3 N–H and O–H groups in total. The average molecular weight is 276 g/mol. The summed E-state index contributed by atoms with van der Waals surface area (Å²) in [6, 6.07) is 9.17. The number of carboxylic acids is 1. The van der Waals surface area contributed by atoms with Crippen LogP contribution in [-0.4, -0.2) is 35.0 Å². The van der Waals surface area contributed by atoms with Crippen molar-refractivity contribution in [2.45, 2.75) is 24.8 Å². The van der Waals surface area contributed by atoms with Gasteiger partial charge in [-0.15, -0.1) is 0 Å². The normalized spacial score (nSPS) is 15.2. The number of aliphatic carboxylic acids is 1. The maximum atomic E-state index is 11.6. The lowest BCUT2D eigenvalue weighted by atomic mass is 10.1. The molecule has 1 saturated carbocycles. The molecule has 0 atom stereocenters. The van der Waals surface area contributed by atoms with E-state index in [1.165, 1.54) is 0 Å². The van der Waals surface area contributed by atoms with Crippen LogP contribution in [-0.2, 0) is 20.8 Å². The van der Waals surface area contributed by atoms with Crippen molar-refractivity contribution < 1.29 is 19.5 Å². The molecule has 106 valence electrons. The van der Waals surface area contributed by atoms with E-state index in [2.05, 4.69) is 10.6 Å². The van der Waals surface area contributed by atoms with Gasteiger partial charge in [0.15, 0.2) is 0 Å². The van der Waals surface area contributed by atoms with Crippen molar-refractivity contribution in [1.82, 2.24) is 10.6 Å². The molecule has 0 unspecified atom stereocenters. The minimum absolute atomic E-state index is 0.193. The van der Waals surface area contributed by atoms with Gasteiger partial charge in [0.1, 0.15) is 5.54 Å². The first kappa shape index (κ1) is 14.0. The summed E-state index contributed by atoms with van der Waals surface area (Å²) in [4.78, 5) is 34.1. The molecule has 2 amide bonds. The van der Waals surface area contributed by atoms with Crippen LogP contribution < -0.4 is 10.6 Å². The number of carboxylic acid groups (broad SMARTS) is 1. The molecule has 2 rings (SSSR count). The fraction of sp³-hybridized carbons (Fsp3) is 0.357. The first-order valence-corrected chi connectivity index (χ1v) is 6.37. The highest BCUT2D eigenvalue weighted by Gasteiger charge is 2.51. The van der Waals surface area contributed by atoms with E-state index >= 15 is 0 Å². The molecule has 0 saturated heterocycles. The fourth-order valence-electron chi connectivity index (χ4n) is 1.85. The van der Waals surface area contributed by atoms with Gasteiger partial charge < -0.3 is 15.7 Å². The van der Waals surface area contributed by atoms with Gasteiger partial charge in [-0.05, 0) is 18.4 Å². The maximum absolute atomic E-state index is 11.6. The number of rotatable bonds is 6. The molecular formula is C14H16N2O4. The molecule has 1 aliphatic rings. The highest BCUT2D eigenvalue weighted by Crippen LogP contribution is 2.35. The molecular weight excluding hydrogens is 260 g/mol. The van der Waals surface area contributed by atoms with Crippen LogP contribution >= 0.6 is 0 Å². The molecule has 1 aliphatic carbocycles. The van der Waals surface area contributed by atoms with E-state index in [9.17, 15) is 14.4 Å². The number of amides is 2. The van der Waals surface area contributed by atoms with Gasteiger partial charge in [0.25, 0.3) is 0 Å². The Morgan fingerprint density at radius 3 is 2.30 bits per heavy atom. The van der Waals surface area contributed by atoms with E-state index in [0.717, 1.165) is 5.56 Å². The number of hydrogen-bond acceptors (Lipinski definition) is 3. The molecule has 1 aromatic rings. The van der Waals surface area contributed by atoms with Crippen LogP contribution in [0.5, 0.6) is 0 Å². The third kappa shape index (κ3) is 3.57. The van der Waals surface area contributed by atoms with Gasteiger partial charge in [-0.25, -0.2) is 4.79 Å². The smallest absolute Gasteiger partial charge is 0.329 e. The second-order valence-electron chi connectivity index (χ2n) is 4.87. The van der Waals surface area contributed by atoms with Gasteiger partial charge in [-0.1, -0.05) is 30.3 Å². The zero-order valence-corrected chi connectivity index (χ0v) is 10.9. The lowest BCUT2D eigenvalue weighted by molar-refractivity contribution is -0.143. The van der Waals surface area contributed by atoms with Gasteiger partial charge in [-0.3, -0.25) is 9.59 Å². The Hall–Kier alpha value is -2.37. The summed E-state index contributed by atoms with van der Waals surface area (Å²) in [6.07, 6.45) is 1.07. The van der Waals surface area contributed by atoms with Gasteiger partial charge in [0.05, 0.1) is 13.0 Å². The zero-order chi connectivity index (χ0) is 14.6. The van der Waals surface area contributed by atoms with Gasteiger partial charge in [-0.2, -0.15) is 0 Å².